The Morgan fingerprint density at radius 2 is 1.66 bits per heavy atom. The molecule has 0 amide bonds. The third-order valence-corrected chi connectivity index (χ3v) is 5.97. The van der Waals surface area contributed by atoms with Crippen LogP contribution in [0.4, 0.5) is 0 Å². The van der Waals surface area contributed by atoms with Gasteiger partial charge in [-0.1, -0.05) is 30.3 Å². The molecule has 0 bridgehead atoms. The Morgan fingerprint density at radius 3 is 2.40 bits per heavy atom. The summed E-state index contributed by atoms with van der Waals surface area (Å²) < 4.78 is 14.0. The molecule has 176 valence electrons. The highest BCUT2D eigenvalue weighted by Crippen LogP contribution is 2.30. The molecule has 3 aromatic heterocycles. The van der Waals surface area contributed by atoms with Crippen LogP contribution in [0.1, 0.15) is 22.7 Å². The Hall–Kier alpha value is -4.46. The van der Waals surface area contributed by atoms with Crippen molar-refractivity contribution in [1.29, 1.82) is 0 Å². The van der Waals surface area contributed by atoms with Crippen LogP contribution >= 0.6 is 0 Å². The highest BCUT2D eigenvalue weighted by Gasteiger charge is 2.21. The van der Waals surface area contributed by atoms with E-state index in [1.165, 1.54) is 9.13 Å². The van der Waals surface area contributed by atoms with E-state index in [1.54, 1.807) is 14.0 Å². The molecular weight excluding hydrogens is 444 g/mol. The van der Waals surface area contributed by atoms with Crippen LogP contribution < -0.4 is 16.0 Å². The molecule has 0 aliphatic heterocycles. The molecule has 0 aliphatic carbocycles. The summed E-state index contributed by atoms with van der Waals surface area (Å²) in [6, 6.07) is 18.4. The van der Waals surface area contributed by atoms with Crippen molar-refractivity contribution in [3.05, 3.63) is 104 Å². The fourth-order valence-electron chi connectivity index (χ4n) is 4.29. The second-order valence-corrected chi connectivity index (χ2v) is 8.35. The highest BCUT2D eigenvalue weighted by molar-refractivity contribution is 5.79. The lowest BCUT2D eigenvalue weighted by molar-refractivity contribution is 0.414. The number of hydrogen-bond donors (Lipinski definition) is 0. The maximum Gasteiger partial charge on any atom is 0.337 e. The first kappa shape index (κ1) is 22.3. The Balaban J connectivity index is 1.73. The van der Waals surface area contributed by atoms with Crippen LogP contribution in [-0.2, 0) is 6.54 Å². The van der Waals surface area contributed by atoms with Gasteiger partial charge in [-0.3, -0.25) is 9.36 Å². The summed E-state index contributed by atoms with van der Waals surface area (Å²) in [4.78, 5) is 36.5. The van der Waals surface area contributed by atoms with E-state index in [0.29, 0.717) is 45.4 Å². The van der Waals surface area contributed by atoms with Crippen molar-refractivity contribution in [2.75, 3.05) is 7.11 Å². The molecule has 0 spiro atoms. The Bertz CT molecular complexity index is 1680. The summed E-state index contributed by atoms with van der Waals surface area (Å²) in [7, 11) is 1.58. The number of oxazole rings is 1. The SMILES string of the molecule is COc1ccccc1-c1nc(Cn2c(=O)c3c(C)cc(C)nc3n(-c3ccccc3)c2=O)c(C)o1. The van der Waals surface area contributed by atoms with Gasteiger partial charge in [-0.2, -0.15) is 0 Å². The van der Waals surface area contributed by atoms with Crippen molar-refractivity contribution in [3.63, 3.8) is 0 Å². The number of methoxy groups -OCH3 is 1. The zero-order valence-corrected chi connectivity index (χ0v) is 19.9. The summed E-state index contributed by atoms with van der Waals surface area (Å²) in [5.74, 6) is 1.50. The van der Waals surface area contributed by atoms with Crippen molar-refractivity contribution in [3.8, 4) is 22.9 Å². The first-order chi connectivity index (χ1) is 16.9. The van der Waals surface area contributed by atoms with Crippen molar-refractivity contribution >= 4 is 11.0 Å². The molecule has 35 heavy (non-hydrogen) atoms. The summed E-state index contributed by atoms with van der Waals surface area (Å²) >= 11 is 0. The summed E-state index contributed by atoms with van der Waals surface area (Å²) in [5, 5.41) is 0.394. The zero-order chi connectivity index (χ0) is 24.7. The first-order valence-corrected chi connectivity index (χ1v) is 11.2. The number of benzene rings is 2. The van der Waals surface area contributed by atoms with E-state index in [1.807, 2.05) is 74.5 Å². The molecule has 0 saturated carbocycles. The average Bonchev–Trinajstić information content (AvgIpc) is 3.21. The van der Waals surface area contributed by atoms with Gasteiger partial charge in [0.15, 0.2) is 5.65 Å². The van der Waals surface area contributed by atoms with Crippen molar-refractivity contribution < 1.29 is 9.15 Å². The standard InChI is InChI=1S/C27H24N4O4/c1-16-14-17(2)28-24-23(16)26(32)30(27(33)31(24)19-10-6-5-7-11-19)15-21-18(3)35-25(29-21)20-12-8-9-13-22(20)34-4/h5-14H,15H2,1-4H3. The molecule has 0 unspecified atom stereocenters. The molecule has 0 aliphatic rings. The number of fused-ring (bicyclic) bond motifs is 1. The monoisotopic (exact) mass is 468 g/mol. The largest absolute Gasteiger partial charge is 0.496 e. The van der Waals surface area contributed by atoms with Gasteiger partial charge in [0.2, 0.25) is 5.89 Å². The maximum atomic E-state index is 13.7. The van der Waals surface area contributed by atoms with Crippen LogP contribution in [0.2, 0.25) is 0 Å². The van der Waals surface area contributed by atoms with Gasteiger partial charge in [-0.05, 0) is 56.7 Å². The molecular formula is C27H24N4O4. The van der Waals surface area contributed by atoms with Crippen LogP contribution in [0.25, 0.3) is 28.2 Å². The topological polar surface area (TPSA) is 92.2 Å². The Kier molecular flexibility index (Phi) is 5.56. The van der Waals surface area contributed by atoms with E-state index in [9.17, 15) is 9.59 Å². The molecule has 0 saturated heterocycles. The van der Waals surface area contributed by atoms with Crippen molar-refractivity contribution in [2.24, 2.45) is 0 Å². The predicted octanol–water partition coefficient (Wildman–Crippen LogP) is 4.18. The van der Waals surface area contributed by atoms with Gasteiger partial charge in [0.25, 0.3) is 5.56 Å². The fraction of sp³-hybridized carbons (Fsp3) is 0.185. The van der Waals surface area contributed by atoms with Crippen LogP contribution in [0.3, 0.4) is 0 Å². The molecule has 0 fully saturated rings. The van der Waals surface area contributed by atoms with Crippen LogP contribution in [0.15, 0.2) is 74.7 Å². The zero-order valence-electron chi connectivity index (χ0n) is 19.9. The second-order valence-electron chi connectivity index (χ2n) is 8.35. The fourth-order valence-corrected chi connectivity index (χ4v) is 4.29. The number of para-hydroxylation sites is 2. The van der Waals surface area contributed by atoms with Crippen molar-refractivity contribution in [1.82, 2.24) is 19.1 Å². The first-order valence-electron chi connectivity index (χ1n) is 11.2. The predicted molar refractivity (Wildman–Crippen MR) is 133 cm³/mol. The number of aromatic nitrogens is 4. The van der Waals surface area contributed by atoms with Crippen molar-refractivity contribution in [2.45, 2.75) is 27.3 Å². The Labute approximate surface area is 201 Å². The Morgan fingerprint density at radius 1 is 0.943 bits per heavy atom. The third-order valence-electron chi connectivity index (χ3n) is 5.97. The molecule has 5 aromatic rings. The lowest BCUT2D eigenvalue weighted by Crippen LogP contribution is -2.40. The normalized spacial score (nSPS) is 11.2. The number of rotatable bonds is 5. The smallest absolute Gasteiger partial charge is 0.337 e. The molecule has 0 atom stereocenters. The van der Waals surface area contributed by atoms with Gasteiger partial charge >= 0.3 is 5.69 Å². The molecule has 8 heteroatoms. The number of hydrogen-bond acceptors (Lipinski definition) is 6. The lowest BCUT2D eigenvalue weighted by Gasteiger charge is -2.15. The van der Waals surface area contributed by atoms with E-state index in [2.05, 4.69) is 9.97 Å². The summed E-state index contributed by atoms with van der Waals surface area (Å²) in [6.45, 7) is 5.41. The van der Waals surface area contributed by atoms with Gasteiger partial charge in [0.1, 0.15) is 17.2 Å². The average molecular weight is 469 g/mol. The number of ether oxygens (including phenoxy) is 1. The number of aryl methyl sites for hydroxylation is 3. The van der Waals surface area contributed by atoms with Gasteiger partial charge < -0.3 is 9.15 Å². The molecule has 3 heterocycles. The van der Waals surface area contributed by atoms with E-state index in [4.69, 9.17) is 9.15 Å². The van der Waals surface area contributed by atoms with Crippen LogP contribution in [0, 0.1) is 20.8 Å². The number of pyridine rings is 1. The quantitative estimate of drug-likeness (QED) is 0.384. The van der Waals surface area contributed by atoms with Gasteiger partial charge in [-0.15, -0.1) is 0 Å². The highest BCUT2D eigenvalue weighted by atomic mass is 16.5. The minimum Gasteiger partial charge on any atom is -0.496 e. The maximum absolute atomic E-state index is 13.7. The minimum absolute atomic E-state index is 0.0434. The van der Waals surface area contributed by atoms with Gasteiger partial charge in [0, 0.05) is 5.69 Å². The van der Waals surface area contributed by atoms with Crippen LogP contribution in [-0.4, -0.2) is 26.2 Å². The van der Waals surface area contributed by atoms with Crippen LogP contribution in [0.5, 0.6) is 5.75 Å². The van der Waals surface area contributed by atoms with Gasteiger partial charge in [0.05, 0.1) is 30.3 Å². The number of nitrogens with zero attached hydrogens (tertiary/aromatic N) is 4. The molecule has 0 N–H and O–H groups in total. The van der Waals surface area contributed by atoms with E-state index < -0.39 is 11.2 Å². The van der Waals surface area contributed by atoms with Gasteiger partial charge in [-0.25, -0.2) is 19.3 Å². The summed E-state index contributed by atoms with van der Waals surface area (Å²) in [6.07, 6.45) is 0. The lowest BCUT2D eigenvalue weighted by atomic mass is 10.1. The van der Waals surface area contributed by atoms with E-state index in [0.717, 1.165) is 11.3 Å². The third kappa shape index (κ3) is 3.82. The minimum atomic E-state index is -0.493. The van der Waals surface area contributed by atoms with E-state index in [-0.39, 0.29) is 6.54 Å². The summed E-state index contributed by atoms with van der Waals surface area (Å²) in [5.41, 5.74) is 2.71. The molecule has 5 rings (SSSR count). The molecule has 2 aromatic carbocycles. The molecule has 8 nitrogen and oxygen atoms in total. The molecule has 0 radical (unpaired) electrons. The van der Waals surface area contributed by atoms with E-state index >= 15 is 0 Å². The second kappa shape index (κ2) is 8.72.